The van der Waals surface area contributed by atoms with Gasteiger partial charge in [0.1, 0.15) is 12.3 Å². The SMILES string of the molecule is Cc1nc(C)c(C2=NN(C(=O)NC3CCCCO3)C(c3cc4ccccc4n3C)C2)s1. The molecule has 0 radical (unpaired) electrons. The number of aromatic nitrogens is 2. The van der Waals surface area contributed by atoms with Gasteiger partial charge >= 0.3 is 6.03 Å². The quantitative estimate of drug-likeness (QED) is 0.649. The van der Waals surface area contributed by atoms with E-state index in [1.54, 1.807) is 16.3 Å². The molecule has 31 heavy (non-hydrogen) atoms. The van der Waals surface area contributed by atoms with Gasteiger partial charge < -0.3 is 14.6 Å². The summed E-state index contributed by atoms with van der Waals surface area (Å²) >= 11 is 1.64. The van der Waals surface area contributed by atoms with Gasteiger partial charge in [-0.15, -0.1) is 11.3 Å². The second-order valence-electron chi connectivity index (χ2n) is 8.25. The molecule has 2 atom stereocenters. The van der Waals surface area contributed by atoms with E-state index in [1.165, 1.54) is 0 Å². The number of fused-ring (bicyclic) bond motifs is 1. The summed E-state index contributed by atoms with van der Waals surface area (Å²) in [5.41, 5.74) is 4.10. The number of benzene rings is 1. The van der Waals surface area contributed by atoms with Crippen LogP contribution in [-0.4, -0.2) is 39.1 Å². The lowest BCUT2D eigenvalue weighted by Crippen LogP contribution is -2.45. The molecule has 1 aromatic carbocycles. The van der Waals surface area contributed by atoms with Crippen molar-refractivity contribution in [1.29, 1.82) is 0 Å². The minimum Gasteiger partial charge on any atom is -0.358 e. The highest BCUT2D eigenvalue weighted by Crippen LogP contribution is 2.37. The predicted octanol–water partition coefficient (Wildman–Crippen LogP) is 4.64. The summed E-state index contributed by atoms with van der Waals surface area (Å²) in [5.74, 6) is 0. The van der Waals surface area contributed by atoms with Gasteiger partial charge in [0.25, 0.3) is 0 Å². The van der Waals surface area contributed by atoms with Crippen molar-refractivity contribution in [3.8, 4) is 0 Å². The van der Waals surface area contributed by atoms with Crippen LogP contribution >= 0.6 is 11.3 Å². The van der Waals surface area contributed by atoms with E-state index in [-0.39, 0.29) is 18.3 Å². The Morgan fingerprint density at radius 2 is 2.10 bits per heavy atom. The molecule has 5 rings (SSSR count). The first-order valence-electron chi connectivity index (χ1n) is 10.8. The van der Waals surface area contributed by atoms with Crippen LogP contribution < -0.4 is 5.32 Å². The molecule has 2 aliphatic rings. The number of hydrogen-bond acceptors (Lipinski definition) is 5. The van der Waals surface area contributed by atoms with Crippen molar-refractivity contribution in [2.24, 2.45) is 12.1 Å². The maximum Gasteiger partial charge on any atom is 0.340 e. The van der Waals surface area contributed by atoms with Crippen LogP contribution in [0.1, 0.15) is 53.0 Å². The Bertz CT molecular complexity index is 1160. The topological polar surface area (TPSA) is 71.8 Å². The monoisotopic (exact) mass is 437 g/mol. The number of carbonyl (C=O) groups excluding carboxylic acids is 1. The Morgan fingerprint density at radius 1 is 1.26 bits per heavy atom. The van der Waals surface area contributed by atoms with Crippen LogP contribution in [0.2, 0.25) is 0 Å². The molecule has 2 amide bonds. The maximum absolute atomic E-state index is 13.3. The van der Waals surface area contributed by atoms with Crippen molar-refractivity contribution in [3.05, 3.63) is 51.6 Å². The summed E-state index contributed by atoms with van der Waals surface area (Å²) in [6.45, 7) is 4.69. The van der Waals surface area contributed by atoms with Crippen LogP contribution in [0.5, 0.6) is 0 Å². The second kappa shape index (κ2) is 8.09. The van der Waals surface area contributed by atoms with E-state index in [9.17, 15) is 4.79 Å². The molecule has 1 fully saturated rings. The van der Waals surface area contributed by atoms with Gasteiger partial charge in [-0.25, -0.2) is 14.8 Å². The number of amides is 2. The predicted molar refractivity (Wildman–Crippen MR) is 122 cm³/mol. The Labute approximate surface area is 185 Å². The zero-order valence-corrected chi connectivity index (χ0v) is 18.9. The first-order chi connectivity index (χ1) is 15.0. The van der Waals surface area contributed by atoms with E-state index < -0.39 is 0 Å². The molecule has 1 saturated heterocycles. The van der Waals surface area contributed by atoms with Crippen molar-refractivity contribution >= 4 is 34.0 Å². The lowest BCUT2D eigenvalue weighted by molar-refractivity contribution is -0.00140. The summed E-state index contributed by atoms with van der Waals surface area (Å²) in [4.78, 5) is 18.9. The molecule has 4 heterocycles. The van der Waals surface area contributed by atoms with Crippen LogP contribution in [0.15, 0.2) is 35.4 Å². The fourth-order valence-electron chi connectivity index (χ4n) is 4.55. The molecular weight excluding hydrogens is 410 g/mol. The molecule has 8 heteroatoms. The number of carbonyl (C=O) groups is 1. The Morgan fingerprint density at radius 3 is 2.81 bits per heavy atom. The van der Waals surface area contributed by atoms with Gasteiger partial charge in [0.05, 0.1) is 21.3 Å². The van der Waals surface area contributed by atoms with E-state index in [0.717, 1.165) is 57.1 Å². The molecule has 0 spiro atoms. The lowest BCUT2D eigenvalue weighted by atomic mass is 10.1. The number of nitrogens with one attached hydrogen (secondary N) is 1. The normalized spacial score (nSPS) is 21.5. The average molecular weight is 438 g/mol. The number of urea groups is 1. The van der Waals surface area contributed by atoms with Crippen molar-refractivity contribution in [2.45, 2.75) is 51.8 Å². The van der Waals surface area contributed by atoms with E-state index in [4.69, 9.17) is 9.84 Å². The van der Waals surface area contributed by atoms with Crippen LogP contribution in [-0.2, 0) is 11.8 Å². The minimum absolute atomic E-state index is 0.183. The number of ether oxygens (including phenoxy) is 1. The molecule has 0 aliphatic carbocycles. The highest BCUT2D eigenvalue weighted by molar-refractivity contribution is 7.13. The Hall–Kier alpha value is -2.71. The van der Waals surface area contributed by atoms with Crippen LogP contribution in [0, 0.1) is 13.8 Å². The second-order valence-corrected chi connectivity index (χ2v) is 9.45. The smallest absolute Gasteiger partial charge is 0.340 e. The maximum atomic E-state index is 13.3. The molecule has 0 saturated carbocycles. The van der Waals surface area contributed by atoms with Gasteiger partial charge in [0, 0.05) is 31.3 Å². The molecule has 3 aromatic rings. The molecular formula is C23H27N5O2S. The van der Waals surface area contributed by atoms with Crippen LogP contribution in [0.25, 0.3) is 10.9 Å². The van der Waals surface area contributed by atoms with Gasteiger partial charge in [-0.1, -0.05) is 18.2 Å². The van der Waals surface area contributed by atoms with Crippen LogP contribution in [0.4, 0.5) is 4.79 Å². The van der Waals surface area contributed by atoms with E-state index in [0.29, 0.717) is 13.0 Å². The van der Waals surface area contributed by atoms with E-state index in [1.807, 2.05) is 26.0 Å². The number of hydrogen-bond donors (Lipinski definition) is 1. The molecule has 7 nitrogen and oxygen atoms in total. The summed E-state index contributed by atoms with van der Waals surface area (Å²) in [6, 6.07) is 10.1. The van der Waals surface area contributed by atoms with Gasteiger partial charge in [-0.05, 0) is 50.6 Å². The fourth-order valence-corrected chi connectivity index (χ4v) is 5.47. The first-order valence-corrected chi connectivity index (χ1v) is 11.6. The van der Waals surface area contributed by atoms with Gasteiger partial charge in [-0.2, -0.15) is 5.10 Å². The number of aryl methyl sites for hydroxylation is 3. The van der Waals surface area contributed by atoms with E-state index >= 15 is 0 Å². The molecule has 2 unspecified atom stereocenters. The third kappa shape index (κ3) is 3.74. The fraction of sp³-hybridized carbons (Fsp3) is 0.435. The number of rotatable bonds is 3. The average Bonchev–Trinajstić information content (AvgIpc) is 3.44. The largest absolute Gasteiger partial charge is 0.358 e. The third-order valence-corrected chi connectivity index (χ3v) is 7.20. The van der Waals surface area contributed by atoms with Crippen molar-refractivity contribution in [1.82, 2.24) is 19.9 Å². The molecule has 1 N–H and O–H groups in total. The zero-order valence-electron chi connectivity index (χ0n) is 18.1. The summed E-state index contributed by atoms with van der Waals surface area (Å²) in [6.07, 6.45) is 3.35. The van der Waals surface area contributed by atoms with Crippen LogP contribution in [0.3, 0.4) is 0 Å². The highest BCUT2D eigenvalue weighted by Gasteiger charge is 2.37. The summed E-state index contributed by atoms with van der Waals surface area (Å²) in [5, 5.41) is 11.6. The number of nitrogens with zero attached hydrogens (tertiary/aromatic N) is 4. The molecule has 0 bridgehead atoms. The minimum atomic E-state index is -0.249. The van der Waals surface area contributed by atoms with Crippen molar-refractivity contribution < 1.29 is 9.53 Å². The first kappa shape index (κ1) is 20.2. The number of hydrazone groups is 1. The number of para-hydroxylation sites is 1. The van der Waals surface area contributed by atoms with Gasteiger partial charge in [0.2, 0.25) is 0 Å². The van der Waals surface area contributed by atoms with Gasteiger partial charge in [0.15, 0.2) is 0 Å². The Balaban J connectivity index is 1.51. The number of thiazole rings is 1. The molecule has 2 aromatic heterocycles. The Kier molecular flexibility index (Phi) is 5.27. The summed E-state index contributed by atoms with van der Waals surface area (Å²) < 4.78 is 7.90. The third-order valence-electron chi connectivity index (χ3n) is 6.08. The van der Waals surface area contributed by atoms with Crippen molar-refractivity contribution in [3.63, 3.8) is 0 Å². The zero-order chi connectivity index (χ0) is 21.5. The van der Waals surface area contributed by atoms with E-state index in [2.05, 4.69) is 40.1 Å². The highest BCUT2D eigenvalue weighted by atomic mass is 32.1. The standard InChI is InChI=1S/C23H27N5O2S/c1-14-22(31-15(2)24-14)17-13-20(19-12-16-8-4-5-9-18(16)27(19)3)28(26-17)23(29)25-21-10-6-7-11-30-21/h4-5,8-9,12,20-21H,6-7,10-11,13H2,1-3H3,(H,25,29). The molecule has 162 valence electrons. The lowest BCUT2D eigenvalue weighted by Gasteiger charge is -2.28. The van der Waals surface area contributed by atoms with Crippen molar-refractivity contribution in [2.75, 3.05) is 6.61 Å². The van der Waals surface area contributed by atoms with Gasteiger partial charge in [-0.3, -0.25) is 0 Å². The summed E-state index contributed by atoms with van der Waals surface area (Å²) in [7, 11) is 2.05. The molecule has 2 aliphatic heterocycles.